The molecule has 4 rings (SSSR count). The minimum absolute atomic E-state index is 0.0949. The van der Waals surface area contributed by atoms with Crippen LogP contribution in [0, 0.1) is 11.7 Å². The Labute approximate surface area is 145 Å². The van der Waals surface area contributed by atoms with Gasteiger partial charge in [0.25, 0.3) is 0 Å². The lowest BCUT2D eigenvalue weighted by atomic mass is 10.1. The highest BCUT2D eigenvalue weighted by molar-refractivity contribution is 5.81. The van der Waals surface area contributed by atoms with Gasteiger partial charge in [-0.25, -0.2) is 9.07 Å². The van der Waals surface area contributed by atoms with Crippen molar-refractivity contribution in [3.63, 3.8) is 0 Å². The molecule has 0 bridgehead atoms. The van der Waals surface area contributed by atoms with Gasteiger partial charge in [0.2, 0.25) is 5.91 Å². The molecule has 5 heteroatoms. The highest BCUT2D eigenvalue weighted by atomic mass is 19.1. The normalized spacial score (nSPS) is 13.6. The quantitative estimate of drug-likeness (QED) is 0.773. The lowest BCUT2D eigenvalue weighted by molar-refractivity contribution is -0.122. The van der Waals surface area contributed by atoms with Crippen molar-refractivity contribution in [3.8, 4) is 16.9 Å². The third kappa shape index (κ3) is 3.45. The summed E-state index contributed by atoms with van der Waals surface area (Å²) in [6.45, 7) is 0.412. The lowest BCUT2D eigenvalue weighted by Gasteiger charge is -2.04. The Morgan fingerprint density at radius 1 is 1.12 bits per heavy atom. The SMILES string of the molecule is O=C(NCc1cn(-c2ccccc2)nc1-c1ccc(F)cc1)C1CC1. The first-order chi connectivity index (χ1) is 12.2. The van der Waals surface area contributed by atoms with E-state index >= 15 is 0 Å². The third-order valence-corrected chi connectivity index (χ3v) is 4.33. The van der Waals surface area contributed by atoms with Crippen molar-refractivity contribution in [2.45, 2.75) is 19.4 Å². The number of nitrogens with one attached hydrogen (secondary N) is 1. The molecule has 0 spiro atoms. The maximum Gasteiger partial charge on any atom is 0.223 e. The molecule has 1 heterocycles. The number of carbonyl (C=O) groups excluding carboxylic acids is 1. The van der Waals surface area contributed by atoms with Crippen LogP contribution in [-0.4, -0.2) is 15.7 Å². The molecule has 126 valence electrons. The number of hydrogen-bond donors (Lipinski definition) is 1. The summed E-state index contributed by atoms with van der Waals surface area (Å²) in [5.74, 6) is -0.0224. The number of aromatic nitrogens is 2. The van der Waals surface area contributed by atoms with Crippen LogP contribution in [0.3, 0.4) is 0 Å². The summed E-state index contributed by atoms with van der Waals surface area (Å²) in [6, 6.07) is 16.0. The largest absolute Gasteiger partial charge is 0.352 e. The number of para-hydroxylation sites is 1. The molecule has 1 saturated carbocycles. The summed E-state index contributed by atoms with van der Waals surface area (Å²) in [5, 5.41) is 7.64. The van der Waals surface area contributed by atoms with Crippen molar-refractivity contribution in [2.75, 3.05) is 0 Å². The zero-order valence-corrected chi connectivity index (χ0v) is 13.7. The molecule has 0 atom stereocenters. The molecule has 1 aromatic heterocycles. The molecule has 25 heavy (non-hydrogen) atoms. The Balaban J connectivity index is 1.67. The number of hydrogen-bond acceptors (Lipinski definition) is 2. The fourth-order valence-corrected chi connectivity index (χ4v) is 2.78. The van der Waals surface area contributed by atoms with E-state index in [1.165, 1.54) is 12.1 Å². The summed E-state index contributed by atoms with van der Waals surface area (Å²) in [5.41, 5.74) is 3.42. The van der Waals surface area contributed by atoms with Crippen molar-refractivity contribution < 1.29 is 9.18 Å². The van der Waals surface area contributed by atoms with E-state index in [9.17, 15) is 9.18 Å². The molecule has 1 amide bonds. The van der Waals surface area contributed by atoms with E-state index in [-0.39, 0.29) is 17.6 Å². The average Bonchev–Trinajstić information content (AvgIpc) is 3.41. The van der Waals surface area contributed by atoms with Crippen LogP contribution in [0.2, 0.25) is 0 Å². The van der Waals surface area contributed by atoms with E-state index in [1.807, 2.05) is 36.5 Å². The summed E-state index contributed by atoms with van der Waals surface area (Å²) >= 11 is 0. The first-order valence-corrected chi connectivity index (χ1v) is 8.38. The summed E-state index contributed by atoms with van der Waals surface area (Å²) in [7, 11) is 0. The first kappa shape index (κ1) is 15.6. The van der Waals surface area contributed by atoms with Crippen LogP contribution in [0.4, 0.5) is 4.39 Å². The van der Waals surface area contributed by atoms with E-state index in [4.69, 9.17) is 0 Å². The van der Waals surface area contributed by atoms with Crippen LogP contribution >= 0.6 is 0 Å². The minimum Gasteiger partial charge on any atom is -0.352 e. The van der Waals surface area contributed by atoms with Gasteiger partial charge in [0.05, 0.1) is 11.4 Å². The Kier molecular flexibility index (Phi) is 4.06. The van der Waals surface area contributed by atoms with E-state index in [1.54, 1.807) is 16.8 Å². The fraction of sp³-hybridized carbons (Fsp3) is 0.200. The van der Waals surface area contributed by atoms with Gasteiger partial charge < -0.3 is 5.32 Å². The predicted molar refractivity (Wildman–Crippen MR) is 93.5 cm³/mol. The van der Waals surface area contributed by atoms with E-state index in [0.717, 1.165) is 35.3 Å². The Hall–Kier alpha value is -2.95. The molecule has 1 aliphatic rings. The lowest BCUT2D eigenvalue weighted by Crippen LogP contribution is -2.24. The molecule has 4 nitrogen and oxygen atoms in total. The molecule has 0 aliphatic heterocycles. The van der Waals surface area contributed by atoms with Gasteiger partial charge in [-0.2, -0.15) is 5.10 Å². The second-order valence-electron chi connectivity index (χ2n) is 6.28. The van der Waals surface area contributed by atoms with Gasteiger partial charge in [-0.05, 0) is 49.2 Å². The van der Waals surface area contributed by atoms with Gasteiger partial charge >= 0.3 is 0 Å². The summed E-state index contributed by atoms with van der Waals surface area (Å²) in [6.07, 6.45) is 3.86. The summed E-state index contributed by atoms with van der Waals surface area (Å²) < 4.78 is 15.0. The predicted octanol–water partition coefficient (Wildman–Crippen LogP) is 3.70. The second kappa shape index (κ2) is 6.51. The maximum atomic E-state index is 13.2. The number of rotatable bonds is 5. The van der Waals surface area contributed by atoms with E-state index in [0.29, 0.717) is 6.54 Å². The maximum absolute atomic E-state index is 13.2. The highest BCUT2D eigenvalue weighted by Gasteiger charge is 2.29. The van der Waals surface area contributed by atoms with Crippen molar-refractivity contribution >= 4 is 5.91 Å². The van der Waals surface area contributed by atoms with Gasteiger partial charge in [0.15, 0.2) is 0 Å². The van der Waals surface area contributed by atoms with Gasteiger partial charge in [-0.15, -0.1) is 0 Å². The second-order valence-corrected chi connectivity index (χ2v) is 6.28. The minimum atomic E-state index is -0.283. The van der Waals surface area contributed by atoms with Crippen LogP contribution < -0.4 is 5.32 Å². The molecule has 0 unspecified atom stereocenters. The molecule has 1 N–H and O–H groups in total. The van der Waals surface area contributed by atoms with Crippen molar-refractivity contribution in [2.24, 2.45) is 5.92 Å². The number of benzene rings is 2. The standard InChI is InChI=1S/C20H18FN3O/c21-17-10-8-14(9-11-17)19-16(12-22-20(25)15-6-7-15)13-24(23-19)18-4-2-1-3-5-18/h1-5,8-11,13,15H,6-7,12H2,(H,22,25). The van der Waals surface area contributed by atoms with Crippen molar-refractivity contribution in [1.82, 2.24) is 15.1 Å². The number of halogens is 1. The molecule has 0 saturated heterocycles. The summed E-state index contributed by atoms with van der Waals surface area (Å²) in [4.78, 5) is 12.0. The smallest absolute Gasteiger partial charge is 0.223 e. The average molecular weight is 335 g/mol. The molecule has 3 aromatic rings. The monoisotopic (exact) mass is 335 g/mol. The van der Waals surface area contributed by atoms with Gasteiger partial charge in [0, 0.05) is 29.8 Å². The third-order valence-electron chi connectivity index (χ3n) is 4.33. The van der Waals surface area contributed by atoms with Crippen LogP contribution in [0.1, 0.15) is 18.4 Å². The zero-order valence-electron chi connectivity index (χ0n) is 13.7. The molecular formula is C20H18FN3O. The number of nitrogens with zero attached hydrogens (tertiary/aromatic N) is 2. The van der Waals surface area contributed by atoms with Gasteiger partial charge in [-0.1, -0.05) is 18.2 Å². The van der Waals surface area contributed by atoms with E-state index in [2.05, 4.69) is 10.4 Å². The Morgan fingerprint density at radius 3 is 2.52 bits per heavy atom. The number of carbonyl (C=O) groups is 1. The van der Waals surface area contributed by atoms with Crippen molar-refractivity contribution in [1.29, 1.82) is 0 Å². The zero-order chi connectivity index (χ0) is 17.2. The van der Waals surface area contributed by atoms with Crippen LogP contribution in [0.5, 0.6) is 0 Å². The first-order valence-electron chi connectivity index (χ1n) is 8.38. The molecule has 1 aliphatic carbocycles. The molecular weight excluding hydrogens is 317 g/mol. The fourth-order valence-electron chi connectivity index (χ4n) is 2.78. The van der Waals surface area contributed by atoms with Crippen LogP contribution in [0.15, 0.2) is 60.8 Å². The molecule has 1 fully saturated rings. The van der Waals surface area contributed by atoms with Crippen LogP contribution in [-0.2, 0) is 11.3 Å². The number of amides is 1. The molecule has 0 radical (unpaired) electrons. The van der Waals surface area contributed by atoms with Crippen molar-refractivity contribution in [3.05, 3.63) is 72.2 Å². The van der Waals surface area contributed by atoms with Gasteiger partial charge in [-0.3, -0.25) is 4.79 Å². The van der Waals surface area contributed by atoms with Crippen LogP contribution in [0.25, 0.3) is 16.9 Å². The highest BCUT2D eigenvalue weighted by Crippen LogP contribution is 2.29. The van der Waals surface area contributed by atoms with Gasteiger partial charge in [0.1, 0.15) is 5.82 Å². The Bertz CT molecular complexity index is 883. The molecule has 2 aromatic carbocycles. The van der Waals surface area contributed by atoms with E-state index < -0.39 is 0 Å². The Morgan fingerprint density at radius 2 is 1.84 bits per heavy atom. The topological polar surface area (TPSA) is 46.9 Å².